The molecule has 1 atom stereocenters. The summed E-state index contributed by atoms with van der Waals surface area (Å²) in [5, 5.41) is 9.41. The lowest BCUT2D eigenvalue weighted by molar-refractivity contribution is -0.117. The van der Waals surface area contributed by atoms with Crippen LogP contribution in [-0.2, 0) is 4.79 Å². The summed E-state index contributed by atoms with van der Waals surface area (Å²) in [5.41, 5.74) is 1.94. The van der Waals surface area contributed by atoms with Gasteiger partial charge in [0.1, 0.15) is 5.75 Å². The molecular formula is C27H25N5O3S. The van der Waals surface area contributed by atoms with Crippen LogP contribution < -0.4 is 15.2 Å². The zero-order valence-corrected chi connectivity index (χ0v) is 21.0. The van der Waals surface area contributed by atoms with Gasteiger partial charge in [-0.2, -0.15) is 0 Å². The van der Waals surface area contributed by atoms with Crippen LogP contribution in [0.15, 0.2) is 88.8 Å². The minimum atomic E-state index is -0.437. The Morgan fingerprint density at radius 2 is 1.78 bits per heavy atom. The Balaban J connectivity index is 1.62. The fourth-order valence-corrected chi connectivity index (χ4v) is 5.16. The molecule has 9 heteroatoms. The minimum Gasteiger partial charge on any atom is -0.497 e. The van der Waals surface area contributed by atoms with Gasteiger partial charge in [-0.05, 0) is 50.2 Å². The van der Waals surface area contributed by atoms with E-state index in [0.717, 1.165) is 5.69 Å². The molecule has 0 saturated carbocycles. The highest BCUT2D eigenvalue weighted by Crippen LogP contribution is 2.28. The van der Waals surface area contributed by atoms with Crippen LogP contribution in [0, 0.1) is 0 Å². The number of amides is 1. The fourth-order valence-electron chi connectivity index (χ4n) is 4.24. The SMILES string of the molecule is CCN(C(=O)C(C)Sc1nnc2n(-c3cccc(OC)c3)c(=O)c3ccccc3n12)c1ccccc1. The summed E-state index contributed by atoms with van der Waals surface area (Å²) in [5.74, 6) is 0.958. The van der Waals surface area contributed by atoms with Crippen molar-refractivity contribution in [3.05, 3.63) is 89.2 Å². The Labute approximate surface area is 212 Å². The van der Waals surface area contributed by atoms with Crippen molar-refractivity contribution in [1.29, 1.82) is 0 Å². The number of anilines is 1. The summed E-state index contributed by atoms with van der Waals surface area (Å²) in [6.45, 7) is 4.36. The molecule has 5 rings (SSSR count). The number of para-hydroxylation sites is 2. The molecule has 0 bridgehead atoms. The van der Waals surface area contributed by atoms with E-state index in [2.05, 4.69) is 10.2 Å². The van der Waals surface area contributed by atoms with Crippen molar-refractivity contribution in [2.24, 2.45) is 0 Å². The molecule has 0 radical (unpaired) electrons. The van der Waals surface area contributed by atoms with Crippen molar-refractivity contribution >= 4 is 40.0 Å². The Bertz CT molecular complexity index is 1610. The zero-order chi connectivity index (χ0) is 25.2. The third-order valence-electron chi connectivity index (χ3n) is 5.99. The maximum absolute atomic E-state index is 13.5. The number of nitrogens with zero attached hydrogens (tertiary/aromatic N) is 5. The van der Waals surface area contributed by atoms with E-state index >= 15 is 0 Å². The molecule has 2 aromatic heterocycles. The maximum atomic E-state index is 13.5. The number of benzene rings is 3. The van der Waals surface area contributed by atoms with Crippen molar-refractivity contribution in [2.75, 3.05) is 18.6 Å². The topological polar surface area (TPSA) is 81.7 Å². The van der Waals surface area contributed by atoms with Crippen LogP contribution >= 0.6 is 11.8 Å². The van der Waals surface area contributed by atoms with Gasteiger partial charge >= 0.3 is 0 Å². The first kappa shape index (κ1) is 23.6. The molecular weight excluding hydrogens is 474 g/mol. The molecule has 0 fully saturated rings. The first-order valence-corrected chi connectivity index (χ1v) is 12.5. The van der Waals surface area contributed by atoms with Gasteiger partial charge in [-0.15, -0.1) is 10.2 Å². The summed E-state index contributed by atoms with van der Waals surface area (Å²) < 4.78 is 8.73. The lowest BCUT2D eigenvalue weighted by atomic mass is 10.2. The Morgan fingerprint density at radius 1 is 1.03 bits per heavy atom. The molecule has 5 aromatic rings. The number of aromatic nitrogens is 4. The second kappa shape index (κ2) is 9.87. The summed E-state index contributed by atoms with van der Waals surface area (Å²) in [6.07, 6.45) is 0. The molecule has 36 heavy (non-hydrogen) atoms. The molecule has 1 unspecified atom stereocenters. The summed E-state index contributed by atoms with van der Waals surface area (Å²) >= 11 is 1.32. The predicted molar refractivity (Wildman–Crippen MR) is 142 cm³/mol. The van der Waals surface area contributed by atoms with Gasteiger partial charge < -0.3 is 9.64 Å². The minimum absolute atomic E-state index is 0.0316. The van der Waals surface area contributed by atoms with E-state index in [4.69, 9.17) is 4.74 Å². The van der Waals surface area contributed by atoms with Gasteiger partial charge in [0.15, 0.2) is 5.16 Å². The number of rotatable bonds is 7. The smallest absolute Gasteiger partial charge is 0.267 e. The molecule has 0 aliphatic rings. The van der Waals surface area contributed by atoms with Crippen molar-refractivity contribution < 1.29 is 9.53 Å². The lowest BCUT2D eigenvalue weighted by Crippen LogP contribution is -2.36. The van der Waals surface area contributed by atoms with Gasteiger partial charge in [0.05, 0.1) is 29.0 Å². The average molecular weight is 500 g/mol. The van der Waals surface area contributed by atoms with Gasteiger partial charge in [0.2, 0.25) is 11.7 Å². The van der Waals surface area contributed by atoms with Gasteiger partial charge in [-0.25, -0.2) is 4.57 Å². The van der Waals surface area contributed by atoms with Crippen LogP contribution in [0.25, 0.3) is 22.4 Å². The Morgan fingerprint density at radius 3 is 2.53 bits per heavy atom. The van der Waals surface area contributed by atoms with Gasteiger partial charge in [0, 0.05) is 18.3 Å². The lowest BCUT2D eigenvalue weighted by Gasteiger charge is -2.24. The van der Waals surface area contributed by atoms with Crippen LogP contribution in [-0.4, -0.2) is 44.0 Å². The molecule has 0 spiro atoms. The van der Waals surface area contributed by atoms with E-state index in [0.29, 0.717) is 39.8 Å². The molecule has 0 aliphatic carbocycles. The quantitative estimate of drug-likeness (QED) is 0.305. The molecule has 0 saturated heterocycles. The number of thioether (sulfide) groups is 1. The van der Waals surface area contributed by atoms with Crippen LogP contribution in [0.4, 0.5) is 5.69 Å². The number of carbonyl (C=O) groups is 1. The number of methoxy groups -OCH3 is 1. The molecule has 3 aromatic carbocycles. The third kappa shape index (κ3) is 4.11. The van der Waals surface area contributed by atoms with E-state index in [-0.39, 0.29) is 11.5 Å². The average Bonchev–Trinajstić information content (AvgIpc) is 3.33. The third-order valence-corrected chi connectivity index (χ3v) is 7.02. The normalized spacial score (nSPS) is 12.1. The van der Waals surface area contributed by atoms with Gasteiger partial charge in [-0.1, -0.05) is 48.2 Å². The summed E-state index contributed by atoms with van der Waals surface area (Å²) in [4.78, 5) is 28.7. The standard InChI is InChI=1S/C27H25N5O3S/c1-4-30(19-11-6-5-7-12-19)24(33)18(2)36-27-29-28-26-31(20-13-10-14-21(17-20)35-3)25(34)22-15-8-9-16-23(22)32(26)27/h5-18H,4H2,1-3H3. The molecule has 0 N–H and O–H groups in total. The van der Waals surface area contributed by atoms with Crippen LogP contribution in [0.5, 0.6) is 5.75 Å². The van der Waals surface area contributed by atoms with Crippen molar-refractivity contribution in [3.63, 3.8) is 0 Å². The number of carbonyl (C=O) groups excluding carboxylic acids is 1. The number of hydrogen-bond donors (Lipinski definition) is 0. The predicted octanol–water partition coefficient (Wildman–Crippen LogP) is 4.58. The molecule has 2 heterocycles. The zero-order valence-electron chi connectivity index (χ0n) is 20.2. The molecule has 182 valence electrons. The van der Waals surface area contributed by atoms with Crippen molar-refractivity contribution in [3.8, 4) is 11.4 Å². The summed E-state index contributed by atoms with van der Waals surface area (Å²) in [7, 11) is 1.58. The van der Waals surface area contributed by atoms with E-state index < -0.39 is 5.25 Å². The monoisotopic (exact) mass is 499 g/mol. The Kier molecular flexibility index (Phi) is 6.47. The highest BCUT2D eigenvalue weighted by atomic mass is 32.2. The van der Waals surface area contributed by atoms with Crippen molar-refractivity contribution in [2.45, 2.75) is 24.3 Å². The van der Waals surface area contributed by atoms with Gasteiger partial charge in [-0.3, -0.25) is 14.0 Å². The second-order valence-corrected chi connectivity index (χ2v) is 9.46. The van der Waals surface area contributed by atoms with Crippen molar-refractivity contribution in [1.82, 2.24) is 19.2 Å². The van der Waals surface area contributed by atoms with E-state index in [9.17, 15) is 9.59 Å². The summed E-state index contributed by atoms with van der Waals surface area (Å²) in [6, 6.07) is 24.2. The second-order valence-electron chi connectivity index (χ2n) is 8.16. The number of hydrogen-bond acceptors (Lipinski definition) is 6. The molecule has 8 nitrogen and oxygen atoms in total. The van der Waals surface area contributed by atoms with Crippen LogP contribution in [0.3, 0.4) is 0 Å². The maximum Gasteiger partial charge on any atom is 0.267 e. The largest absolute Gasteiger partial charge is 0.497 e. The fraction of sp³-hybridized carbons (Fsp3) is 0.185. The highest BCUT2D eigenvalue weighted by Gasteiger charge is 2.25. The van der Waals surface area contributed by atoms with Crippen LogP contribution in [0.1, 0.15) is 13.8 Å². The Hall–Kier alpha value is -4.11. The highest BCUT2D eigenvalue weighted by molar-refractivity contribution is 8.00. The molecule has 0 aliphatic heterocycles. The number of fused-ring (bicyclic) bond motifs is 3. The van der Waals surface area contributed by atoms with E-state index in [1.54, 1.807) is 24.1 Å². The number of ether oxygens (including phenoxy) is 1. The molecule has 1 amide bonds. The first-order chi connectivity index (χ1) is 17.5. The first-order valence-electron chi connectivity index (χ1n) is 11.6. The van der Waals surface area contributed by atoms with Gasteiger partial charge in [0.25, 0.3) is 5.56 Å². The van der Waals surface area contributed by atoms with E-state index in [1.165, 1.54) is 16.3 Å². The van der Waals surface area contributed by atoms with Crippen LogP contribution in [0.2, 0.25) is 0 Å². The van der Waals surface area contributed by atoms with E-state index in [1.807, 2.05) is 85.0 Å².